The summed E-state index contributed by atoms with van der Waals surface area (Å²) in [7, 11) is 0. The summed E-state index contributed by atoms with van der Waals surface area (Å²) in [6.45, 7) is 2.67. The van der Waals surface area contributed by atoms with E-state index in [0.29, 0.717) is 22.5 Å². The molecule has 1 N–H and O–H groups in total. The van der Waals surface area contributed by atoms with Crippen molar-refractivity contribution in [2.75, 3.05) is 0 Å². The average molecular weight is 358 g/mol. The second-order valence-corrected chi connectivity index (χ2v) is 8.02. The quantitative estimate of drug-likeness (QED) is 0.710. The number of carbonyl (C=O) groups is 1. The van der Waals surface area contributed by atoms with Crippen molar-refractivity contribution >= 4 is 40.2 Å². The average Bonchev–Trinajstić information content (AvgIpc) is 2.85. The third-order valence-electron chi connectivity index (χ3n) is 4.41. The summed E-state index contributed by atoms with van der Waals surface area (Å²) in [6, 6.07) is 13.7. The number of aromatic carboxylic acids is 1. The lowest BCUT2D eigenvalue weighted by molar-refractivity contribution is 0.0682. The minimum Gasteiger partial charge on any atom is -0.477 e. The molecule has 122 valence electrons. The summed E-state index contributed by atoms with van der Waals surface area (Å²) in [5.41, 5.74) is 3.66. The van der Waals surface area contributed by atoms with E-state index in [4.69, 9.17) is 11.6 Å². The highest BCUT2D eigenvalue weighted by Crippen LogP contribution is 2.43. The number of hydrogen-bond donors (Lipinski definition) is 1. The summed E-state index contributed by atoms with van der Waals surface area (Å²) in [5, 5.41) is 12.0. The van der Waals surface area contributed by atoms with Crippen LogP contribution in [0.5, 0.6) is 0 Å². The Balaban J connectivity index is 1.95. The van der Waals surface area contributed by atoms with Gasteiger partial charge >= 0.3 is 5.97 Å². The van der Waals surface area contributed by atoms with Gasteiger partial charge in [-0.05, 0) is 35.7 Å². The smallest absolute Gasteiger partial charge is 0.353 e. The lowest BCUT2D eigenvalue weighted by Crippen LogP contribution is -2.11. The van der Waals surface area contributed by atoms with E-state index in [-0.39, 0.29) is 0 Å². The maximum absolute atomic E-state index is 12.0. The molecule has 3 aromatic rings. The lowest BCUT2D eigenvalue weighted by atomic mass is 10.0. The van der Waals surface area contributed by atoms with E-state index < -0.39 is 5.97 Å². The molecule has 24 heavy (non-hydrogen) atoms. The first-order valence-electron chi connectivity index (χ1n) is 7.83. The zero-order chi connectivity index (χ0) is 16.8. The molecule has 2 aromatic carbocycles. The van der Waals surface area contributed by atoms with E-state index in [9.17, 15) is 9.90 Å². The third kappa shape index (κ3) is 2.50. The van der Waals surface area contributed by atoms with E-state index >= 15 is 0 Å². The van der Waals surface area contributed by atoms with Gasteiger partial charge < -0.3 is 9.67 Å². The van der Waals surface area contributed by atoms with Crippen LogP contribution < -0.4 is 0 Å². The van der Waals surface area contributed by atoms with Gasteiger partial charge in [-0.3, -0.25) is 0 Å². The predicted molar refractivity (Wildman–Crippen MR) is 98.5 cm³/mol. The Bertz CT molecular complexity index is 946. The van der Waals surface area contributed by atoms with E-state index in [1.165, 1.54) is 5.56 Å². The van der Waals surface area contributed by atoms with Crippen LogP contribution in [0.15, 0.2) is 47.4 Å². The van der Waals surface area contributed by atoms with Gasteiger partial charge in [0.05, 0.1) is 5.52 Å². The largest absolute Gasteiger partial charge is 0.477 e. The second kappa shape index (κ2) is 5.87. The van der Waals surface area contributed by atoms with Gasteiger partial charge in [-0.2, -0.15) is 0 Å². The summed E-state index contributed by atoms with van der Waals surface area (Å²) >= 11 is 7.63. The number of benzene rings is 2. The van der Waals surface area contributed by atoms with Crippen LogP contribution in [0, 0.1) is 0 Å². The van der Waals surface area contributed by atoms with Gasteiger partial charge in [-0.25, -0.2) is 4.79 Å². The minimum atomic E-state index is -0.872. The van der Waals surface area contributed by atoms with Crippen LogP contribution >= 0.6 is 23.4 Å². The number of thioether (sulfide) groups is 1. The van der Waals surface area contributed by atoms with Crippen molar-refractivity contribution in [3.05, 3.63) is 64.3 Å². The molecule has 4 rings (SSSR count). The van der Waals surface area contributed by atoms with Crippen LogP contribution in [0.2, 0.25) is 5.02 Å². The second-order valence-electron chi connectivity index (χ2n) is 6.14. The van der Waals surface area contributed by atoms with Gasteiger partial charge in [-0.15, -0.1) is 11.8 Å². The van der Waals surface area contributed by atoms with Crippen molar-refractivity contribution in [1.29, 1.82) is 0 Å². The van der Waals surface area contributed by atoms with Crippen molar-refractivity contribution in [2.45, 2.75) is 30.0 Å². The first kappa shape index (κ1) is 15.6. The fraction of sp³-hybridized carbons (Fsp3) is 0.211. The topological polar surface area (TPSA) is 42.2 Å². The molecule has 1 aliphatic heterocycles. The molecule has 3 nitrogen and oxygen atoms in total. The van der Waals surface area contributed by atoms with E-state index in [2.05, 4.69) is 13.0 Å². The number of aromatic nitrogens is 1. The van der Waals surface area contributed by atoms with Crippen LogP contribution in [0.25, 0.3) is 10.9 Å². The monoisotopic (exact) mass is 357 g/mol. The molecule has 0 amide bonds. The van der Waals surface area contributed by atoms with Gasteiger partial charge in [0.15, 0.2) is 0 Å². The molecule has 2 heterocycles. The predicted octanol–water partition coefficient (Wildman–Crippen LogP) is 5.08. The maximum atomic E-state index is 12.0. The number of nitrogens with zero attached hydrogens (tertiary/aromatic N) is 1. The zero-order valence-corrected chi connectivity index (χ0v) is 14.7. The summed E-state index contributed by atoms with van der Waals surface area (Å²) in [5.74, 6) is -0.872. The van der Waals surface area contributed by atoms with Crippen molar-refractivity contribution < 1.29 is 9.90 Å². The highest BCUT2D eigenvalue weighted by Gasteiger charge is 2.29. The van der Waals surface area contributed by atoms with Crippen molar-refractivity contribution in [1.82, 2.24) is 4.57 Å². The van der Waals surface area contributed by atoms with Crippen LogP contribution in [0.3, 0.4) is 0 Å². The maximum Gasteiger partial charge on any atom is 0.353 e. The van der Waals surface area contributed by atoms with Gasteiger partial charge in [0.25, 0.3) is 0 Å². The molecular formula is C19H16ClNO2S. The number of halogens is 1. The molecular weight excluding hydrogens is 342 g/mol. The molecule has 0 saturated heterocycles. The SMILES string of the molecule is CC1Cc2cccc3c2c(c(C(=O)O)n3Cc2ccc(Cl)cc2)S1. The summed E-state index contributed by atoms with van der Waals surface area (Å²) in [4.78, 5) is 12.9. The molecule has 1 aromatic heterocycles. The van der Waals surface area contributed by atoms with Crippen LogP contribution in [0.1, 0.15) is 28.5 Å². The molecule has 0 radical (unpaired) electrons. The molecule has 5 heteroatoms. The molecule has 0 bridgehead atoms. The Morgan fingerprint density at radius 1 is 1.29 bits per heavy atom. The first-order chi connectivity index (χ1) is 11.5. The molecule has 0 fully saturated rings. The van der Waals surface area contributed by atoms with Crippen molar-refractivity contribution in [3.8, 4) is 0 Å². The van der Waals surface area contributed by atoms with Crippen LogP contribution in [-0.2, 0) is 13.0 Å². The molecule has 0 spiro atoms. The molecule has 1 atom stereocenters. The normalized spacial score (nSPS) is 16.5. The summed E-state index contributed by atoms with van der Waals surface area (Å²) in [6.07, 6.45) is 0.971. The van der Waals surface area contributed by atoms with Crippen LogP contribution in [-0.4, -0.2) is 20.9 Å². The van der Waals surface area contributed by atoms with Crippen molar-refractivity contribution in [3.63, 3.8) is 0 Å². The van der Waals surface area contributed by atoms with Gasteiger partial charge in [0.1, 0.15) is 5.69 Å². The molecule has 1 aliphatic rings. The minimum absolute atomic E-state index is 0.382. The zero-order valence-electron chi connectivity index (χ0n) is 13.1. The van der Waals surface area contributed by atoms with E-state index in [0.717, 1.165) is 27.8 Å². The van der Waals surface area contributed by atoms with E-state index in [1.54, 1.807) is 11.8 Å². The van der Waals surface area contributed by atoms with E-state index in [1.807, 2.05) is 41.0 Å². The number of carboxylic acid groups (broad SMARTS) is 1. The van der Waals surface area contributed by atoms with Gasteiger partial charge in [-0.1, -0.05) is 42.8 Å². The van der Waals surface area contributed by atoms with Crippen molar-refractivity contribution in [2.24, 2.45) is 0 Å². The highest BCUT2D eigenvalue weighted by atomic mass is 35.5. The van der Waals surface area contributed by atoms with Gasteiger partial charge in [0, 0.05) is 27.1 Å². The number of hydrogen-bond acceptors (Lipinski definition) is 2. The Hall–Kier alpha value is -1.91. The molecule has 1 unspecified atom stereocenters. The number of rotatable bonds is 3. The Morgan fingerprint density at radius 3 is 2.75 bits per heavy atom. The fourth-order valence-electron chi connectivity index (χ4n) is 3.42. The Labute approximate surface area is 149 Å². The number of carboxylic acids is 1. The highest BCUT2D eigenvalue weighted by molar-refractivity contribution is 8.00. The lowest BCUT2D eigenvalue weighted by Gasteiger charge is -2.18. The standard InChI is InChI=1S/C19H16ClNO2S/c1-11-9-13-3-2-4-15-16(13)18(24-11)17(19(22)23)21(15)10-12-5-7-14(20)8-6-12/h2-8,11H,9-10H2,1H3,(H,22,23). The Morgan fingerprint density at radius 2 is 2.04 bits per heavy atom. The summed E-state index contributed by atoms with van der Waals surface area (Å²) < 4.78 is 1.92. The molecule has 0 aliphatic carbocycles. The Kier molecular flexibility index (Phi) is 3.82. The van der Waals surface area contributed by atoms with Gasteiger partial charge in [0.2, 0.25) is 0 Å². The molecule has 0 saturated carbocycles. The fourth-order valence-corrected chi connectivity index (χ4v) is 4.88. The van der Waals surface area contributed by atoms with Crippen LogP contribution in [0.4, 0.5) is 0 Å². The third-order valence-corrected chi connectivity index (χ3v) is 5.87. The first-order valence-corrected chi connectivity index (χ1v) is 9.09.